The summed E-state index contributed by atoms with van der Waals surface area (Å²) in [6, 6.07) is 0. The normalized spacial score (nSPS) is 7.53. The molecule has 1 radical (unpaired) electrons. The van der Waals surface area contributed by atoms with Crippen LogP contribution >= 0.6 is 0 Å². The molecule has 0 fully saturated rings. The van der Waals surface area contributed by atoms with Crippen LogP contribution in [0.5, 0.6) is 0 Å². The molecule has 1 amide bonds. The summed E-state index contributed by atoms with van der Waals surface area (Å²) in [6.45, 7) is 10.9. The van der Waals surface area contributed by atoms with Crippen LogP contribution in [-0.4, -0.2) is 27.7 Å². The quantitative estimate of drug-likeness (QED) is 0.584. The number of aromatic nitrogens is 3. The summed E-state index contributed by atoms with van der Waals surface area (Å²) >= 11 is 0. The van der Waals surface area contributed by atoms with Crippen molar-refractivity contribution in [3.8, 4) is 0 Å². The maximum atomic E-state index is 10.9. The standard InChI is InChI=1S/C8H14N4O.C2H6.C2H5.W.Y/c1-6-10-11-7(12(6)3)4-5-8(13)9-2;2*1-2;;/h4-5H2,1-3H3,(H,9,13);1-2H3;1H2,2H3;;/q;;-1;;/p-1. The molecule has 1 heterocycles. The van der Waals surface area contributed by atoms with E-state index in [-0.39, 0.29) is 59.7 Å². The van der Waals surface area contributed by atoms with Crippen molar-refractivity contribution in [3.05, 3.63) is 23.9 Å². The second-order valence-corrected chi connectivity index (χ2v) is 2.84. The maximum Gasteiger partial charge on any atom is 0.133 e. The Bertz CT molecular complexity index is 319. The summed E-state index contributed by atoms with van der Waals surface area (Å²) in [5, 5.41) is 11.4. The summed E-state index contributed by atoms with van der Waals surface area (Å²) in [6.07, 6.45) is 1.01. The van der Waals surface area contributed by atoms with Crippen LogP contribution in [0, 0.1) is 13.8 Å². The van der Waals surface area contributed by atoms with E-state index in [0.717, 1.165) is 11.6 Å². The maximum absolute atomic E-state index is 10.9. The summed E-state index contributed by atoms with van der Waals surface area (Å²) in [5.41, 5.74) is 0. The zero-order valence-corrected chi connectivity index (χ0v) is 18.6. The molecular formula is C12H24N4OWY-2. The molecule has 0 spiro atoms. The van der Waals surface area contributed by atoms with Gasteiger partial charge in [0.05, 0.1) is 5.91 Å². The Morgan fingerprint density at radius 3 is 2.11 bits per heavy atom. The number of aryl methyl sites for hydroxylation is 2. The minimum Gasteiger partial charge on any atom is -0.656 e. The van der Waals surface area contributed by atoms with Gasteiger partial charge in [-0.1, -0.05) is 13.8 Å². The number of hydrogen-bond acceptors (Lipinski definition) is 3. The molecule has 0 aliphatic carbocycles. The first-order chi connectivity index (χ1) is 8.15. The molecule has 0 aliphatic heterocycles. The number of carbonyl (C=O) groups is 1. The molecule has 0 N–H and O–H groups in total. The molecule has 1 aromatic rings. The van der Waals surface area contributed by atoms with E-state index in [4.69, 9.17) is 0 Å². The minimum atomic E-state index is -0.0966. The van der Waals surface area contributed by atoms with Crippen LogP contribution in [0.4, 0.5) is 0 Å². The van der Waals surface area contributed by atoms with Gasteiger partial charge in [0.15, 0.2) is 0 Å². The molecule has 0 aromatic carbocycles. The molecule has 0 saturated heterocycles. The second kappa shape index (κ2) is 18.4. The molecule has 7 heteroatoms. The fraction of sp³-hybridized carbons (Fsp3) is 0.667. The average molecular weight is 513 g/mol. The summed E-state index contributed by atoms with van der Waals surface area (Å²) in [5.74, 6) is 1.59. The fourth-order valence-corrected chi connectivity index (χ4v) is 0.999. The molecule has 5 nitrogen and oxygen atoms in total. The largest absolute Gasteiger partial charge is 0.656 e. The zero-order valence-electron chi connectivity index (χ0n) is 12.8. The molecule has 0 bridgehead atoms. The monoisotopic (exact) mass is 513 g/mol. The first-order valence-electron chi connectivity index (χ1n) is 5.83. The zero-order chi connectivity index (χ0) is 13.8. The van der Waals surface area contributed by atoms with Gasteiger partial charge in [0.1, 0.15) is 11.6 Å². The van der Waals surface area contributed by atoms with Crippen LogP contribution in [-0.2, 0) is 72.0 Å². The molecule has 0 unspecified atom stereocenters. The molecular weight excluding hydrogens is 489 g/mol. The van der Waals surface area contributed by atoms with Crippen LogP contribution in [0.15, 0.2) is 0 Å². The third kappa shape index (κ3) is 11.9. The molecule has 109 valence electrons. The van der Waals surface area contributed by atoms with E-state index in [1.165, 1.54) is 7.05 Å². The number of hydrogen-bond donors (Lipinski definition) is 0. The van der Waals surface area contributed by atoms with E-state index in [1.54, 1.807) is 6.92 Å². The van der Waals surface area contributed by atoms with Crippen LogP contribution in [0.25, 0.3) is 5.32 Å². The molecule has 0 aliphatic rings. The van der Waals surface area contributed by atoms with E-state index >= 15 is 0 Å². The summed E-state index contributed by atoms with van der Waals surface area (Å²) in [4.78, 5) is 10.9. The van der Waals surface area contributed by atoms with Crippen molar-refractivity contribution in [1.29, 1.82) is 0 Å². The van der Waals surface area contributed by atoms with Crippen molar-refractivity contribution in [2.24, 2.45) is 7.05 Å². The first kappa shape index (κ1) is 27.7. The fourth-order valence-electron chi connectivity index (χ4n) is 0.999. The topological polar surface area (TPSA) is 61.9 Å². The predicted octanol–water partition coefficient (Wildman–Crippen LogP) is 2.45. The Morgan fingerprint density at radius 2 is 1.79 bits per heavy atom. The van der Waals surface area contributed by atoms with Crippen LogP contribution in [0.3, 0.4) is 0 Å². The molecule has 19 heavy (non-hydrogen) atoms. The Morgan fingerprint density at radius 1 is 1.32 bits per heavy atom. The first-order valence-corrected chi connectivity index (χ1v) is 5.83. The van der Waals surface area contributed by atoms with E-state index < -0.39 is 0 Å². The molecule has 1 aromatic heterocycles. The Balaban J connectivity index is -0.000000171. The van der Waals surface area contributed by atoms with Gasteiger partial charge < -0.3 is 21.6 Å². The summed E-state index contributed by atoms with van der Waals surface area (Å²) in [7, 11) is 3.39. The van der Waals surface area contributed by atoms with Crippen molar-refractivity contribution in [2.45, 2.75) is 40.5 Å². The van der Waals surface area contributed by atoms with Crippen molar-refractivity contribution >= 4 is 5.91 Å². The van der Waals surface area contributed by atoms with Gasteiger partial charge in [0, 0.05) is 67.2 Å². The van der Waals surface area contributed by atoms with Gasteiger partial charge in [0.2, 0.25) is 0 Å². The van der Waals surface area contributed by atoms with Gasteiger partial charge in [-0.05, 0) is 13.3 Å². The van der Waals surface area contributed by atoms with Gasteiger partial charge in [-0.3, -0.25) is 0 Å². The van der Waals surface area contributed by atoms with Crippen LogP contribution in [0.2, 0.25) is 0 Å². The van der Waals surface area contributed by atoms with Crippen molar-refractivity contribution in [2.75, 3.05) is 7.05 Å². The third-order valence-electron chi connectivity index (χ3n) is 1.99. The number of rotatable bonds is 3. The average Bonchev–Trinajstić information content (AvgIpc) is 2.72. The van der Waals surface area contributed by atoms with E-state index in [9.17, 15) is 4.79 Å². The Kier molecular flexibility index (Phi) is 26.8. The number of nitrogens with zero attached hydrogens (tertiary/aromatic N) is 4. The smallest absolute Gasteiger partial charge is 0.133 e. The molecule has 1 rings (SSSR count). The van der Waals surface area contributed by atoms with Crippen molar-refractivity contribution in [1.82, 2.24) is 14.8 Å². The second-order valence-electron chi connectivity index (χ2n) is 2.84. The van der Waals surface area contributed by atoms with Gasteiger partial charge in [-0.25, -0.2) is 0 Å². The van der Waals surface area contributed by atoms with Crippen molar-refractivity contribution < 1.29 is 58.6 Å². The molecule has 0 saturated carbocycles. The number of amides is 1. The Labute approximate surface area is 156 Å². The van der Waals surface area contributed by atoms with Crippen LogP contribution in [0.1, 0.15) is 38.8 Å². The van der Waals surface area contributed by atoms with Crippen LogP contribution < -0.4 is 0 Å². The predicted molar refractivity (Wildman–Crippen MR) is 70.7 cm³/mol. The van der Waals surface area contributed by atoms with E-state index in [2.05, 4.69) is 22.4 Å². The minimum absolute atomic E-state index is 0. The van der Waals surface area contributed by atoms with E-state index in [0.29, 0.717) is 12.8 Å². The summed E-state index contributed by atoms with van der Waals surface area (Å²) < 4.78 is 1.88. The van der Waals surface area contributed by atoms with Gasteiger partial charge in [-0.15, -0.1) is 17.2 Å². The Hall–Kier alpha value is 0.402. The van der Waals surface area contributed by atoms with Gasteiger partial charge >= 0.3 is 0 Å². The SMILES string of the molecule is CC.C[N-]C(=O)CCc1nnc(C)n1C.[CH2-]C.[W].[Y]. The van der Waals surface area contributed by atoms with Crippen molar-refractivity contribution in [3.63, 3.8) is 0 Å². The van der Waals surface area contributed by atoms with Gasteiger partial charge in [-0.2, -0.15) is 6.92 Å². The van der Waals surface area contributed by atoms with Gasteiger partial charge in [0.25, 0.3) is 0 Å². The van der Waals surface area contributed by atoms with E-state index in [1.807, 2.05) is 32.4 Å². The third-order valence-corrected chi connectivity index (χ3v) is 1.99. The molecule has 0 atom stereocenters. The number of carbonyl (C=O) groups excluding carboxylic acids is 1.